The van der Waals surface area contributed by atoms with Gasteiger partial charge in [0.2, 0.25) is 0 Å². The van der Waals surface area contributed by atoms with Crippen LogP contribution in [0.3, 0.4) is 0 Å². The molecular weight excluding hydrogens is 365 g/mol. The van der Waals surface area contributed by atoms with E-state index in [2.05, 4.69) is 23.2 Å². The van der Waals surface area contributed by atoms with Crippen molar-refractivity contribution in [3.05, 3.63) is 54.6 Å². The zero-order valence-corrected chi connectivity index (χ0v) is 10.2. The Morgan fingerprint density at radius 3 is 1.67 bits per heavy atom. The number of pyridine rings is 1. The number of para-hydroxylation sites is 2. The first-order valence-electron chi connectivity index (χ1n) is 4.68. The van der Waals surface area contributed by atoms with E-state index in [4.69, 9.17) is 0 Å². The van der Waals surface area contributed by atoms with E-state index < -0.39 is 0 Å². The molecule has 1 heterocycles. The summed E-state index contributed by atoms with van der Waals surface area (Å²) < 4.78 is 0. The molecule has 74 valence electrons. The molecule has 0 aliphatic rings. The summed E-state index contributed by atoms with van der Waals surface area (Å²) in [5.74, 6) is 0. The van der Waals surface area contributed by atoms with Gasteiger partial charge in [-0.05, 0) is 18.2 Å². The standard InChI is InChI=1S/C13H9N.Pt/c1-3-7-12-10(5-1)9-11-6-2-4-8-13(11)14-12;/h1-9H;/q;+2. The predicted molar refractivity (Wildman–Crippen MR) is 59.2 cm³/mol. The molecule has 0 saturated heterocycles. The first kappa shape index (κ1) is 10.3. The van der Waals surface area contributed by atoms with Crippen molar-refractivity contribution in [1.82, 2.24) is 4.98 Å². The van der Waals surface area contributed by atoms with Crippen LogP contribution in [0.1, 0.15) is 0 Å². The number of fused-ring (bicyclic) bond motifs is 2. The largest absolute Gasteiger partial charge is 2.00 e. The summed E-state index contributed by atoms with van der Waals surface area (Å²) in [5, 5.41) is 2.40. The van der Waals surface area contributed by atoms with Gasteiger partial charge in [0.05, 0.1) is 11.0 Å². The number of aromatic nitrogens is 1. The van der Waals surface area contributed by atoms with Crippen molar-refractivity contribution < 1.29 is 21.1 Å². The Bertz CT molecular complexity index is 499. The summed E-state index contributed by atoms with van der Waals surface area (Å²) in [7, 11) is 0. The Kier molecular flexibility index (Phi) is 2.83. The van der Waals surface area contributed by atoms with E-state index in [1.54, 1.807) is 0 Å². The molecule has 0 aliphatic heterocycles. The Balaban J connectivity index is 0.000000853. The van der Waals surface area contributed by atoms with Crippen LogP contribution in [-0.4, -0.2) is 4.98 Å². The third-order valence-electron chi connectivity index (χ3n) is 2.43. The average Bonchev–Trinajstić information content (AvgIpc) is 2.26. The molecule has 0 amide bonds. The van der Waals surface area contributed by atoms with Crippen molar-refractivity contribution in [2.75, 3.05) is 0 Å². The first-order chi connectivity index (χ1) is 6.93. The Morgan fingerprint density at radius 2 is 1.13 bits per heavy atom. The molecule has 0 fully saturated rings. The van der Waals surface area contributed by atoms with Crippen molar-refractivity contribution in [3.8, 4) is 0 Å². The molecule has 3 rings (SSSR count). The first-order valence-corrected chi connectivity index (χ1v) is 4.68. The maximum absolute atomic E-state index is 4.58. The van der Waals surface area contributed by atoms with E-state index in [0.29, 0.717) is 0 Å². The molecule has 3 aromatic rings. The molecular formula is C13H9NPt+2. The van der Waals surface area contributed by atoms with Gasteiger partial charge in [0.25, 0.3) is 0 Å². The smallest absolute Gasteiger partial charge is 0.248 e. The second-order valence-electron chi connectivity index (χ2n) is 3.37. The van der Waals surface area contributed by atoms with Crippen LogP contribution in [0, 0.1) is 0 Å². The summed E-state index contributed by atoms with van der Waals surface area (Å²) in [6, 6.07) is 18.6. The van der Waals surface area contributed by atoms with Gasteiger partial charge in [-0.25, -0.2) is 4.98 Å². The molecule has 0 radical (unpaired) electrons. The van der Waals surface area contributed by atoms with E-state index in [-0.39, 0.29) is 21.1 Å². The van der Waals surface area contributed by atoms with Crippen LogP contribution in [0.5, 0.6) is 0 Å². The van der Waals surface area contributed by atoms with Gasteiger partial charge < -0.3 is 0 Å². The predicted octanol–water partition coefficient (Wildman–Crippen LogP) is 3.39. The van der Waals surface area contributed by atoms with Crippen molar-refractivity contribution >= 4 is 21.8 Å². The second kappa shape index (κ2) is 4.12. The van der Waals surface area contributed by atoms with Crippen molar-refractivity contribution in [2.24, 2.45) is 0 Å². The Hall–Kier alpha value is -1.20. The number of hydrogen-bond donors (Lipinski definition) is 0. The van der Waals surface area contributed by atoms with Gasteiger partial charge in [-0.15, -0.1) is 0 Å². The van der Waals surface area contributed by atoms with Gasteiger partial charge in [0, 0.05) is 10.8 Å². The van der Waals surface area contributed by atoms with Crippen LogP contribution in [0.15, 0.2) is 54.6 Å². The van der Waals surface area contributed by atoms with Gasteiger partial charge >= 0.3 is 21.1 Å². The van der Waals surface area contributed by atoms with Crippen LogP contribution in [0.2, 0.25) is 0 Å². The van der Waals surface area contributed by atoms with Crippen molar-refractivity contribution in [3.63, 3.8) is 0 Å². The quantitative estimate of drug-likeness (QED) is 0.550. The van der Waals surface area contributed by atoms with Gasteiger partial charge in [0.1, 0.15) is 0 Å². The van der Waals surface area contributed by atoms with Gasteiger partial charge in [-0.1, -0.05) is 36.4 Å². The van der Waals surface area contributed by atoms with E-state index in [1.807, 2.05) is 36.4 Å². The molecule has 1 aromatic heterocycles. The van der Waals surface area contributed by atoms with Crippen LogP contribution in [0.25, 0.3) is 21.8 Å². The minimum absolute atomic E-state index is 0. The van der Waals surface area contributed by atoms with Gasteiger partial charge in [-0.3, -0.25) is 0 Å². The van der Waals surface area contributed by atoms with E-state index in [0.717, 1.165) is 11.0 Å². The molecule has 0 saturated carbocycles. The van der Waals surface area contributed by atoms with E-state index in [9.17, 15) is 0 Å². The van der Waals surface area contributed by atoms with Crippen molar-refractivity contribution in [2.45, 2.75) is 0 Å². The van der Waals surface area contributed by atoms with Gasteiger partial charge in [0.15, 0.2) is 0 Å². The fourth-order valence-electron chi connectivity index (χ4n) is 1.72. The molecule has 0 N–H and O–H groups in total. The summed E-state index contributed by atoms with van der Waals surface area (Å²) in [4.78, 5) is 4.58. The molecule has 0 unspecified atom stereocenters. The van der Waals surface area contributed by atoms with E-state index in [1.165, 1.54) is 10.8 Å². The summed E-state index contributed by atoms with van der Waals surface area (Å²) in [6.45, 7) is 0. The minimum atomic E-state index is 0. The monoisotopic (exact) mass is 374 g/mol. The molecule has 2 aromatic carbocycles. The summed E-state index contributed by atoms with van der Waals surface area (Å²) >= 11 is 0. The molecule has 0 atom stereocenters. The Morgan fingerprint density at radius 1 is 0.667 bits per heavy atom. The maximum Gasteiger partial charge on any atom is 2.00 e. The van der Waals surface area contributed by atoms with Crippen LogP contribution in [-0.2, 0) is 21.1 Å². The summed E-state index contributed by atoms with van der Waals surface area (Å²) in [5.41, 5.74) is 2.12. The fraction of sp³-hybridized carbons (Fsp3) is 0. The van der Waals surface area contributed by atoms with Gasteiger partial charge in [-0.2, -0.15) is 0 Å². The van der Waals surface area contributed by atoms with Crippen molar-refractivity contribution in [1.29, 1.82) is 0 Å². The number of benzene rings is 2. The molecule has 1 nitrogen and oxygen atoms in total. The fourth-order valence-corrected chi connectivity index (χ4v) is 1.72. The average molecular weight is 374 g/mol. The minimum Gasteiger partial charge on any atom is -0.248 e. The maximum atomic E-state index is 4.58. The third-order valence-corrected chi connectivity index (χ3v) is 2.43. The molecule has 0 bridgehead atoms. The normalized spacial score (nSPS) is 10.1. The van der Waals surface area contributed by atoms with Crippen LogP contribution in [0.4, 0.5) is 0 Å². The molecule has 15 heavy (non-hydrogen) atoms. The zero-order valence-electron chi connectivity index (χ0n) is 7.96. The summed E-state index contributed by atoms with van der Waals surface area (Å²) in [6.07, 6.45) is 0. The molecule has 2 heteroatoms. The third kappa shape index (κ3) is 1.80. The zero-order chi connectivity index (χ0) is 9.38. The van der Waals surface area contributed by atoms with Crippen LogP contribution >= 0.6 is 0 Å². The van der Waals surface area contributed by atoms with E-state index >= 15 is 0 Å². The number of rotatable bonds is 0. The molecule has 0 aliphatic carbocycles. The SMILES string of the molecule is [Pt+2].c1ccc2nc3ccccc3cc2c1. The second-order valence-corrected chi connectivity index (χ2v) is 3.37. The number of hydrogen-bond acceptors (Lipinski definition) is 1. The number of nitrogens with zero attached hydrogens (tertiary/aromatic N) is 1. The molecule has 0 spiro atoms. The van der Waals surface area contributed by atoms with Crippen LogP contribution < -0.4 is 0 Å². The Labute approximate surface area is 102 Å². The topological polar surface area (TPSA) is 12.9 Å².